The van der Waals surface area contributed by atoms with Crippen LogP contribution in [0.3, 0.4) is 0 Å². The number of aromatic amines is 1. The molecule has 1 aliphatic heterocycles. The summed E-state index contributed by atoms with van der Waals surface area (Å²) in [5, 5.41) is 1.30. The normalized spacial score (nSPS) is 14.9. The molecule has 152 valence electrons. The van der Waals surface area contributed by atoms with E-state index in [1.807, 2.05) is 29.2 Å². The van der Waals surface area contributed by atoms with Gasteiger partial charge in [0.15, 0.2) is 18.1 Å². The standard InChI is InChI=1S/C23H27N3O3/c1-28-21-8-4-5-9-22(21)29-17-23(27)26-14-12-25(13-15-26)11-10-18-16-24-20-7-3-2-6-19(18)20/h2-9,16,24H,10-15,17H2,1H3. The first-order valence-electron chi connectivity index (χ1n) is 10.1. The molecule has 0 radical (unpaired) electrons. The lowest BCUT2D eigenvalue weighted by Gasteiger charge is -2.34. The summed E-state index contributed by atoms with van der Waals surface area (Å²) >= 11 is 0. The fourth-order valence-corrected chi connectivity index (χ4v) is 3.81. The van der Waals surface area contributed by atoms with Crippen molar-refractivity contribution in [2.45, 2.75) is 6.42 Å². The summed E-state index contributed by atoms with van der Waals surface area (Å²) in [5.74, 6) is 1.26. The summed E-state index contributed by atoms with van der Waals surface area (Å²) in [6.07, 6.45) is 3.12. The average Bonchev–Trinajstić information content (AvgIpc) is 3.19. The smallest absolute Gasteiger partial charge is 0.260 e. The molecule has 6 nitrogen and oxygen atoms in total. The van der Waals surface area contributed by atoms with Crippen LogP contribution in [0.15, 0.2) is 54.7 Å². The topological polar surface area (TPSA) is 57.8 Å². The molecule has 0 atom stereocenters. The molecule has 0 spiro atoms. The van der Waals surface area contributed by atoms with Crippen molar-refractivity contribution in [3.8, 4) is 11.5 Å². The largest absolute Gasteiger partial charge is 0.493 e. The van der Waals surface area contributed by atoms with Crippen molar-refractivity contribution in [3.63, 3.8) is 0 Å². The molecule has 1 saturated heterocycles. The molecule has 1 N–H and O–H groups in total. The van der Waals surface area contributed by atoms with Crippen LogP contribution in [0, 0.1) is 0 Å². The summed E-state index contributed by atoms with van der Waals surface area (Å²) in [6.45, 7) is 4.30. The lowest BCUT2D eigenvalue weighted by atomic mass is 10.1. The molecule has 0 aliphatic carbocycles. The number of methoxy groups -OCH3 is 1. The van der Waals surface area contributed by atoms with Crippen LogP contribution in [0.25, 0.3) is 10.9 Å². The number of H-pyrrole nitrogens is 1. The highest BCUT2D eigenvalue weighted by Crippen LogP contribution is 2.25. The number of nitrogens with one attached hydrogen (secondary N) is 1. The lowest BCUT2D eigenvalue weighted by molar-refractivity contribution is -0.135. The van der Waals surface area contributed by atoms with Gasteiger partial charge in [0.1, 0.15) is 0 Å². The second-order valence-corrected chi connectivity index (χ2v) is 7.27. The van der Waals surface area contributed by atoms with Crippen molar-refractivity contribution in [3.05, 3.63) is 60.3 Å². The van der Waals surface area contributed by atoms with Crippen LogP contribution in [-0.2, 0) is 11.2 Å². The molecule has 0 unspecified atom stereocenters. The Morgan fingerprint density at radius 2 is 1.72 bits per heavy atom. The maximum absolute atomic E-state index is 12.5. The van der Waals surface area contributed by atoms with Crippen molar-refractivity contribution in [1.29, 1.82) is 0 Å². The summed E-state index contributed by atoms with van der Waals surface area (Å²) in [5.41, 5.74) is 2.54. The number of ether oxygens (including phenoxy) is 2. The number of carbonyl (C=O) groups is 1. The minimum atomic E-state index is 0.0205. The maximum atomic E-state index is 12.5. The molecule has 0 saturated carbocycles. The number of nitrogens with zero attached hydrogens (tertiary/aromatic N) is 2. The third kappa shape index (κ3) is 4.54. The van der Waals surface area contributed by atoms with Crippen LogP contribution in [0.1, 0.15) is 5.56 Å². The molecule has 1 aromatic heterocycles. The number of piperazine rings is 1. The Morgan fingerprint density at radius 3 is 2.52 bits per heavy atom. The molecule has 2 heterocycles. The maximum Gasteiger partial charge on any atom is 0.260 e. The molecule has 1 aliphatic rings. The molecule has 2 aromatic carbocycles. The number of carbonyl (C=O) groups excluding carboxylic acids is 1. The zero-order valence-electron chi connectivity index (χ0n) is 16.8. The van der Waals surface area contributed by atoms with E-state index in [2.05, 4.69) is 40.3 Å². The average molecular weight is 393 g/mol. The number of fused-ring (bicyclic) bond motifs is 1. The van der Waals surface area contributed by atoms with Crippen molar-refractivity contribution in [2.24, 2.45) is 0 Å². The van der Waals surface area contributed by atoms with E-state index in [1.54, 1.807) is 7.11 Å². The molecule has 29 heavy (non-hydrogen) atoms. The Bertz CT molecular complexity index is 961. The third-order valence-corrected chi connectivity index (χ3v) is 5.52. The van der Waals surface area contributed by atoms with Gasteiger partial charge in [0.05, 0.1) is 7.11 Å². The monoisotopic (exact) mass is 393 g/mol. The second-order valence-electron chi connectivity index (χ2n) is 7.27. The van der Waals surface area contributed by atoms with Gasteiger partial charge in [-0.2, -0.15) is 0 Å². The summed E-state index contributed by atoms with van der Waals surface area (Å²) in [6, 6.07) is 15.8. The Balaban J connectivity index is 1.23. The minimum Gasteiger partial charge on any atom is -0.493 e. The van der Waals surface area contributed by atoms with E-state index in [0.717, 1.165) is 39.1 Å². The quantitative estimate of drug-likeness (QED) is 0.671. The molecule has 4 rings (SSSR count). The van der Waals surface area contributed by atoms with Gasteiger partial charge >= 0.3 is 0 Å². The summed E-state index contributed by atoms with van der Waals surface area (Å²) in [4.78, 5) is 20.2. The number of hydrogen-bond acceptors (Lipinski definition) is 4. The van der Waals surface area contributed by atoms with Crippen LogP contribution in [-0.4, -0.2) is 67.1 Å². The van der Waals surface area contributed by atoms with Gasteiger partial charge in [-0.25, -0.2) is 0 Å². The summed E-state index contributed by atoms with van der Waals surface area (Å²) in [7, 11) is 1.60. The number of aromatic nitrogens is 1. The second kappa shape index (κ2) is 9.01. The Morgan fingerprint density at radius 1 is 1.00 bits per heavy atom. The van der Waals surface area contributed by atoms with Crippen LogP contribution >= 0.6 is 0 Å². The lowest BCUT2D eigenvalue weighted by Crippen LogP contribution is -2.50. The van der Waals surface area contributed by atoms with Gasteiger partial charge in [-0.15, -0.1) is 0 Å². The number of hydrogen-bond donors (Lipinski definition) is 1. The van der Waals surface area contributed by atoms with E-state index in [1.165, 1.54) is 16.5 Å². The number of amides is 1. The van der Waals surface area contributed by atoms with Gasteiger partial charge in [-0.1, -0.05) is 30.3 Å². The SMILES string of the molecule is COc1ccccc1OCC(=O)N1CCN(CCc2c[nH]c3ccccc23)CC1. The Labute approximate surface area is 171 Å². The van der Waals surface area contributed by atoms with Gasteiger partial charge in [-0.3, -0.25) is 9.69 Å². The highest BCUT2D eigenvalue weighted by atomic mass is 16.5. The molecular formula is C23H27N3O3. The minimum absolute atomic E-state index is 0.0205. The van der Waals surface area contributed by atoms with Crippen LogP contribution < -0.4 is 9.47 Å². The van der Waals surface area contributed by atoms with Crippen molar-refractivity contribution in [2.75, 3.05) is 46.4 Å². The van der Waals surface area contributed by atoms with Gasteiger partial charge in [0.25, 0.3) is 5.91 Å². The predicted molar refractivity (Wildman–Crippen MR) is 114 cm³/mol. The van der Waals surface area contributed by atoms with Gasteiger partial charge in [0.2, 0.25) is 0 Å². The first kappa shape index (κ1) is 19.3. The molecule has 1 fully saturated rings. The van der Waals surface area contributed by atoms with E-state index in [0.29, 0.717) is 11.5 Å². The van der Waals surface area contributed by atoms with E-state index in [9.17, 15) is 4.79 Å². The summed E-state index contributed by atoms with van der Waals surface area (Å²) < 4.78 is 10.9. The fourth-order valence-electron chi connectivity index (χ4n) is 3.81. The molecular weight excluding hydrogens is 366 g/mol. The van der Waals surface area contributed by atoms with Crippen molar-refractivity contribution < 1.29 is 14.3 Å². The molecule has 6 heteroatoms. The first-order valence-corrected chi connectivity index (χ1v) is 10.1. The van der Waals surface area contributed by atoms with Crippen LogP contribution in [0.2, 0.25) is 0 Å². The van der Waals surface area contributed by atoms with E-state index >= 15 is 0 Å². The van der Waals surface area contributed by atoms with Gasteiger partial charge in [0, 0.05) is 49.8 Å². The number of rotatable bonds is 7. The molecule has 1 amide bonds. The number of benzene rings is 2. The predicted octanol–water partition coefficient (Wildman–Crippen LogP) is 2.94. The van der Waals surface area contributed by atoms with Crippen LogP contribution in [0.4, 0.5) is 0 Å². The first-order chi connectivity index (χ1) is 14.2. The zero-order chi connectivity index (χ0) is 20.1. The zero-order valence-corrected chi connectivity index (χ0v) is 16.8. The molecule has 3 aromatic rings. The van der Waals surface area contributed by atoms with E-state index < -0.39 is 0 Å². The highest BCUT2D eigenvalue weighted by molar-refractivity contribution is 5.83. The molecule has 0 bridgehead atoms. The fraction of sp³-hybridized carbons (Fsp3) is 0.348. The van der Waals surface area contributed by atoms with Crippen molar-refractivity contribution in [1.82, 2.24) is 14.8 Å². The van der Waals surface area contributed by atoms with E-state index in [-0.39, 0.29) is 12.5 Å². The van der Waals surface area contributed by atoms with Crippen LogP contribution in [0.5, 0.6) is 11.5 Å². The number of para-hydroxylation sites is 3. The van der Waals surface area contributed by atoms with Gasteiger partial charge < -0.3 is 19.4 Å². The highest BCUT2D eigenvalue weighted by Gasteiger charge is 2.21. The van der Waals surface area contributed by atoms with E-state index in [4.69, 9.17) is 9.47 Å². The van der Waals surface area contributed by atoms with Gasteiger partial charge in [-0.05, 0) is 30.2 Å². The van der Waals surface area contributed by atoms with Crippen molar-refractivity contribution >= 4 is 16.8 Å². The Hall–Kier alpha value is -2.99. The third-order valence-electron chi connectivity index (χ3n) is 5.52. The Kier molecular flexibility index (Phi) is 6.00.